The first-order valence-corrected chi connectivity index (χ1v) is 7.83. The van der Waals surface area contributed by atoms with Crippen LogP contribution in [0.5, 0.6) is 5.75 Å². The van der Waals surface area contributed by atoms with Crippen molar-refractivity contribution in [3.63, 3.8) is 0 Å². The van der Waals surface area contributed by atoms with Crippen LogP contribution in [-0.4, -0.2) is 25.3 Å². The van der Waals surface area contributed by atoms with Crippen molar-refractivity contribution in [1.82, 2.24) is 9.78 Å². The number of methoxy groups -OCH3 is 1. The summed E-state index contributed by atoms with van der Waals surface area (Å²) in [5.41, 5.74) is 1.51. The van der Waals surface area contributed by atoms with E-state index in [0.29, 0.717) is 11.4 Å². The zero-order chi connectivity index (χ0) is 15.6. The monoisotopic (exact) mass is 310 g/mol. The van der Waals surface area contributed by atoms with Crippen molar-refractivity contribution in [3.05, 3.63) is 36.2 Å². The van der Waals surface area contributed by atoms with Crippen molar-refractivity contribution in [2.45, 2.75) is 17.9 Å². The number of nitrogens with zero attached hydrogens (tertiary/aromatic N) is 2. The zero-order valence-electron chi connectivity index (χ0n) is 12.1. The van der Waals surface area contributed by atoms with Crippen molar-refractivity contribution in [2.75, 3.05) is 12.4 Å². The molecule has 1 atom stereocenters. The molecule has 7 nitrogen and oxygen atoms in total. The second kappa shape index (κ2) is 5.74. The number of benzene rings is 1. The fraction of sp³-hybridized carbons (Fsp3) is 0.308. The molecule has 2 aromatic rings. The van der Waals surface area contributed by atoms with E-state index in [1.54, 1.807) is 16.9 Å². The highest BCUT2D eigenvalue weighted by molar-refractivity contribution is 7.89. The number of rotatable bonds is 5. The fourth-order valence-electron chi connectivity index (χ4n) is 2.09. The number of sulfonamides is 1. The molecule has 0 amide bonds. The molecule has 0 spiro atoms. The van der Waals surface area contributed by atoms with Crippen molar-refractivity contribution in [2.24, 2.45) is 12.2 Å². The predicted molar refractivity (Wildman–Crippen MR) is 79.6 cm³/mol. The van der Waals surface area contributed by atoms with Gasteiger partial charge >= 0.3 is 0 Å². The molecule has 3 N–H and O–H groups in total. The highest BCUT2D eigenvalue weighted by Gasteiger charge is 2.15. The van der Waals surface area contributed by atoms with E-state index in [1.807, 2.05) is 20.0 Å². The number of anilines is 1. The Morgan fingerprint density at radius 2 is 2.10 bits per heavy atom. The lowest BCUT2D eigenvalue weighted by atomic mass is 10.2. The van der Waals surface area contributed by atoms with Gasteiger partial charge in [-0.2, -0.15) is 5.10 Å². The Morgan fingerprint density at radius 1 is 1.38 bits per heavy atom. The minimum absolute atomic E-state index is 0.0306. The van der Waals surface area contributed by atoms with Crippen molar-refractivity contribution < 1.29 is 13.2 Å². The molecular weight excluding hydrogens is 292 g/mol. The summed E-state index contributed by atoms with van der Waals surface area (Å²) in [7, 11) is -0.403. The first-order valence-electron chi connectivity index (χ1n) is 6.28. The molecule has 0 saturated carbocycles. The van der Waals surface area contributed by atoms with Gasteiger partial charge in [0, 0.05) is 13.2 Å². The molecule has 0 bridgehead atoms. The molecule has 0 aliphatic carbocycles. The van der Waals surface area contributed by atoms with Crippen LogP contribution in [0.2, 0.25) is 0 Å². The van der Waals surface area contributed by atoms with Crippen LogP contribution < -0.4 is 15.2 Å². The largest absolute Gasteiger partial charge is 0.495 e. The Balaban J connectivity index is 2.36. The van der Waals surface area contributed by atoms with E-state index in [9.17, 15) is 8.42 Å². The summed E-state index contributed by atoms with van der Waals surface area (Å²) in [6.45, 7) is 1.94. The average Bonchev–Trinajstić information content (AvgIpc) is 2.84. The molecule has 1 aromatic heterocycles. The van der Waals surface area contributed by atoms with Crippen LogP contribution in [0.25, 0.3) is 0 Å². The van der Waals surface area contributed by atoms with E-state index in [-0.39, 0.29) is 10.9 Å². The van der Waals surface area contributed by atoms with E-state index >= 15 is 0 Å². The summed E-state index contributed by atoms with van der Waals surface area (Å²) in [5.74, 6) is 0.538. The molecule has 0 aliphatic heterocycles. The predicted octanol–water partition coefficient (Wildman–Crippen LogP) is 1.25. The molecule has 1 aromatic carbocycles. The third-order valence-electron chi connectivity index (χ3n) is 3.17. The van der Waals surface area contributed by atoms with Crippen LogP contribution in [0.4, 0.5) is 5.69 Å². The molecule has 114 valence electrons. The first kappa shape index (κ1) is 15.3. The van der Waals surface area contributed by atoms with E-state index in [2.05, 4.69) is 10.4 Å². The molecule has 8 heteroatoms. The normalized spacial score (nSPS) is 13.0. The fourth-order valence-corrected chi connectivity index (χ4v) is 2.63. The van der Waals surface area contributed by atoms with Crippen LogP contribution in [0.15, 0.2) is 35.4 Å². The summed E-state index contributed by atoms with van der Waals surface area (Å²) < 4.78 is 29.9. The lowest BCUT2D eigenvalue weighted by Crippen LogP contribution is -2.15. The van der Waals surface area contributed by atoms with Crippen molar-refractivity contribution >= 4 is 15.7 Å². The molecule has 0 aliphatic rings. The van der Waals surface area contributed by atoms with Gasteiger partial charge in [0.1, 0.15) is 5.75 Å². The maximum atomic E-state index is 11.4. The molecule has 21 heavy (non-hydrogen) atoms. The molecule has 1 heterocycles. The number of ether oxygens (including phenoxy) is 1. The number of aromatic nitrogens is 2. The van der Waals surface area contributed by atoms with Crippen LogP contribution >= 0.6 is 0 Å². The minimum atomic E-state index is -3.76. The quantitative estimate of drug-likeness (QED) is 0.866. The van der Waals surface area contributed by atoms with Crippen LogP contribution in [0.3, 0.4) is 0 Å². The van der Waals surface area contributed by atoms with Gasteiger partial charge < -0.3 is 10.1 Å². The Kier molecular flexibility index (Phi) is 4.19. The average molecular weight is 310 g/mol. The number of hydrogen-bond donors (Lipinski definition) is 2. The van der Waals surface area contributed by atoms with Gasteiger partial charge in [-0.05, 0) is 31.2 Å². The number of nitrogens with two attached hydrogens (primary N) is 1. The van der Waals surface area contributed by atoms with Gasteiger partial charge in [-0.3, -0.25) is 4.68 Å². The van der Waals surface area contributed by atoms with Crippen LogP contribution in [0.1, 0.15) is 18.7 Å². The Labute approximate surface area is 123 Å². The Bertz CT molecular complexity index is 740. The van der Waals surface area contributed by atoms with Crippen LogP contribution in [0, 0.1) is 0 Å². The van der Waals surface area contributed by atoms with Gasteiger partial charge in [-0.25, -0.2) is 13.6 Å². The lowest BCUT2D eigenvalue weighted by molar-refractivity contribution is 0.415. The van der Waals surface area contributed by atoms with Gasteiger partial charge in [0.05, 0.1) is 29.4 Å². The van der Waals surface area contributed by atoms with Gasteiger partial charge in [0.2, 0.25) is 10.0 Å². The minimum Gasteiger partial charge on any atom is -0.495 e. The lowest BCUT2D eigenvalue weighted by Gasteiger charge is -2.18. The summed E-state index contributed by atoms with van der Waals surface area (Å²) in [5, 5.41) is 12.5. The van der Waals surface area contributed by atoms with Gasteiger partial charge in [-0.1, -0.05) is 0 Å². The SMILES string of the molecule is COc1ccc(S(N)(=O)=O)cc1NC(C)c1ccnn1C. The summed E-state index contributed by atoms with van der Waals surface area (Å²) in [4.78, 5) is 0.0306. The standard InChI is InChI=1S/C13H18N4O3S/c1-9(12-6-7-15-17(12)2)16-11-8-10(21(14,18)19)4-5-13(11)20-3/h4-9,16H,1-3H3,(H2,14,18,19). The van der Waals surface area contributed by atoms with Crippen molar-refractivity contribution in [3.8, 4) is 5.75 Å². The summed E-state index contributed by atoms with van der Waals surface area (Å²) in [6.07, 6.45) is 1.70. The second-order valence-electron chi connectivity index (χ2n) is 4.65. The van der Waals surface area contributed by atoms with Gasteiger partial charge in [0.25, 0.3) is 0 Å². The third-order valence-corrected chi connectivity index (χ3v) is 4.08. The molecule has 0 radical (unpaired) electrons. The smallest absolute Gasteiger partial charge is 0.238 e. The van der Waals surface area contributed by atoms with E-state index in [1.165, 1.54) is 19.2 Å². The number of aryl methyl sites for hydroxylation is 1. The Morgan fingerprint density at radius 3 is 2.62 bits per heavy atom. The van der Waals surface area contributed by atoms with E-state index < -0.39 is 10.0 Å². The molecule has 0 fully saturated rings. The molecular formula is C13H18N4O3S. The highest BCUT2D eigenvalue weighted by Crippen LogP contribution is 2.30. The summed E-state index contributed by atoms with van der Waals surface area (Å²) >= 11 is 0. The number of primary sulfonamides is 1. The highest BCUT2D eigenvalue weighted by atomic mass is 32.2. The molecule has 2 rings (SSSR count). The van der Waals surface area contributed by atoms with Crippen molar-refractivity contribution in [1.29, 1.82) is 0 Å². The topological polar surface area (TPSA) is 99.2 Å². The number of nitrogens with one attached hydrogen (secondary N) is 1. The maximum Gasteiger partial charge on any atom is 0.238 e. The summed E-state index contributed by atoms with van der Waals surface area (Å²) in [6, 6.07) is 6.24. The number of hydrogen-bond acceptors (Lipinski definition) is 5. The Hall–Kier alpha value is -2.06. The van der Waals surface area contributed by atoms with Gasteiger partial charge in [0.15, 0.2) is 0 Å². The van der Waals surface area contributed by atoms with Gasteiger partial charge in [-0.15, -0.1) is 0 Å². The third kappa shape index (κ3) is 3.34. The molecule has 0 saturated heterocycles. The maximum absolute atomic E-state index is 11.4. The van der Waals surface area contributed by atoms with Crippen LogP contribution in [-0.2, 0) is 17.1 Å². The second-order valence-corrected chi connectivity index (χ2v) is 6.21. The first-order chi connectivity index (χ1) is 9.82. The van der Waals surface area contributed by atoms with E-state index in [4.69, 9.17) is 9.88 Å². The molecule has 1 unspecified atom stereocenters. The zero-order valence-corrected chi connectivity index (χ0v) is 12.9. The van der Waals surface area contributed by atoms with E-state index in [0.717, 1.165) is 5.69 Å².